The fourth-order valence-corrected chi connectivity index (χ4v) is 2.59. The first-order valence-electron chi connectivity index (χ1n) is 8.61. The standard InChI is InChI=1S/C20H22N2O6/c1-20(2,3)28-19(25)21-15-6-4-5-14(12-15)17(18(23)24)11-13-7-9-16(10-8-13)22(26)27/h4-10,12,17H,11H2,1-3H3,(H,21,25)(H,23,24). The summed E-state index contributed by atoms with van der Waals surface area (Å²) in [4.78, 5) is 33.9. The van der Waals surface area contributed by atoms with Crippen molar-refractivity contribution in [1.29, 1.82) is 0 Å². The van der Waals surface area contributed by atoms with Gasteiger partial charge in [-0.15, -0.1) is 0 Å². The number of rotatable bonds is 6. The van der Waals surface area contributed by atoms with Crippen LogP contribution in [0.1, 0.15) is 37.8 Å². The molecule has 0 bridgehead atoms. The van der Waals surface area contributed by atoms with Gasteiger partial charge in [-0.3, -0.25) is 20.2 Å². The number of carbonyl (C=O) groups excluding carboxylic acids is 1. The number of carbonyl (C=O) groups is 2. The molecule has 148 valence electrons. The van der Waals surface area contributed by atoms with Crippen LogP contribution in [0.25, 0.3) is 0 Å². The molecule has 0 saturated carbocycles. The van der Waals surface area contributed by atoms with Gasteiger partial charge in [-0.25, -0.2) is 4.79 Å². The van der Waals surface area contributed by atoms with Crippen molar-refractivity contribution in [2.75, 3.05) is 5.32 Å². The number of nitrogens with zero attached hydrogens (tertiary/aromatic N) is 1. The van der Waals surface area contributed by atoms with Crippen molar-refractivity contribution < 1.29 is 24.4 Å². The minimum atomic E-state index is -1.03. The molecule has 2 N–H and O–H groups in total. The van der Waals surface area contributed by atoms with Crippen molar-refractivity contribution in [2.45, 2.75) is 38.7 Å². The van der Waals surface area contributed by atoms with Crippen molar-refractivity contribution in [2.24, 2.45) is 0 Å². The second-order valence-corrected chi connectivity index (χ2v) is 7.27. The number of ether oxygens (including phenoxy) is 1. The van der Waals surface area contributed by atoms with Crippen LogP contribution in [0.2, 0.25) is 0 Å². The third-order valence-electron chi connectivity index (χ3n) is 3.82. The molecule has 0 fully saturated rings. The predicted molar refractivity (Wildman–Crippen MR) is 103 cm³/mol. The lowest BCUT2D eigenvalue weighted by atomic mass is 9.91. The maximum atomic E-state index is 11.9. The molecule has 0 aliphatic rings. The van der Waals surface area contributed by atoms with Crippen molar-refractivity contribution in [3.05, 3.63) is 69.8 Å². The Hall–Kier alpha value is -3.42. The van der Waals surface area contributed by atoms with E-state index in [0.29, 0.717) is 16.8 Å². The summed E-state index contributed by atoms with van der Waals surface area (Å²) < 4.78 is 5.19. The molecule has 0 aromatic heterocycles. The summed E-state index contributed by atoms with van der Waals surface area (Å²) >= 11 is 0. The van der Waals surface area contributed by atoms with E-state index in [-0.39, 0.29) is 12.1 Å². The Bertz CT molecular complexity index is 871. The van der Waals surface area contributed by atoms with Crippen molar-refractivity contribution in [3.8, 4) is 0 Å². The van der Waals surface area contributed by atoms with Gasteiger partial charge in [0, 0.05) is 17.8 Å². The molecule has 0 aliphatic carbocycles. The maximum absolute atomic E-state index is 11.9. The molecule has 0 saturated heterocycles. The molecule has 1 unspecified atom stereocenters. The maximum Gasteiger partial charge on any atom is 0.412 e. The minimum Gasteiger partial charge on any atom is -0.481 e. The van der Waals surface area contributed by atoms with Crippen LogP contribution in [-0.2, 0) is 16.0 Å². The lowest BCUT2D eigenvalue weighted by Gasteiger charge is -2.20. The van der Waals surface area contributed by atoms with Gasteiger partial charge in [-0.2, -0.15) is 0 Å². The number of nitrogens with one attached hydrogen (secondary N) is 1. The molecule has 28 heavy (non-hydrogen) atoms. The van der Waals surface area contributed by atoms with E-state index in [1.807, 2.05) is 0 Å². The summed E-state index contributed by atoms with van der Waals surface area (Å²) in [5.41, 5.74) is 0.866. The van der Waals surface area contributed by atoms with E-state index in [9.17, 15) is 24.8 Å². The number of anilines is 1. The van der Waals surface area contributed by atoms with Crippen LogP contribution in [0.5, 0.6) is 0 Å². The van der Waals surface area contributed by atoms with Crippen LogP contribution >= 0.6 is 0 Å². The number of hydrogen-bond acceptors (Lipinski definition) is 5. The zero-order chi connectivity index (χ0) is 20.9. The van der Waals surface area contributed by atoms with Gasteiger partial charge in [0.25, 0.3) is 5.69 Å². The summed E-state index contributed by atoms with van der Waals surface area (Å²) in [6, 6.07) is 12.3. The number of benzene rings is 2. The second-order valence-electron chi connectivity index (χ2n) is 7.27. The first-order chi connectivity index (χ1) is 13.0. The first kappa shape index (κ1) is 20.9. The Labute approximate surface area is 162 Å². The van der Waals surface area contributed by atoms with E-state index < -0.39 is 28.5 Å². The predicted octanol–water partition coefficient (Wildman–Crippen LogP) is 4.35. The van der Waals surface area contributed by atoms with Gasteiger partial charge in [0.05, 0.1) is 10.8 Å². The monoisotopic (exact) mass is 386 g/mol. The number of carboxylic acids is 1. The summed E-state index contributed by atoms with van der Waals surface area (Å²) in [5, 5.41) is 23.0. The number of carboxylic acid groups (broad SMARTS) is 1. The van der Waals surface area contributed by atoms with E-state index in [2.05, 4.69) is 5.32 Å². The topological polar surface area (TPSA) is 119 Å². The molecule has 2 rings (SSSR count). The Kier molecular flexibility index (Phi) is 6.35. The molecule has 8 heteroatoms. The van der Waals surface area contributed by atoms with E-state index >= 15 is 0 Å². The lowest BCUT2D eigenvalue weighted by molar-refractivity contribution is -0.384. The van der Waals surface area contributed by atoms with Gasteiger partial charge in [0.2, 0.25) is 0 Å². The van der Waals surface area contributed by atoms with Crippen LogP contribution in [0, 0.1) is 10.1 Å². The molecule has 0 aliphatic heterocycles. The molecule has 0 spiro atoms. The molecule has 1 atom stereocenters. The van der Waals surface area contributed by atoms with Gasteiger partial charge in [0.1, 0.15) is 5.60 Å². The SMILES string of the molecule is CC(C)(C)OC(=O)Nc1cccc(C(Cc2ccc([N+](=O)[O-])cc2)C(=O)O)c1. The summed E-state index contributed by atoms with van der Waals surface area (Å²) in [5.74, 6) is -1.91. The quantitative estimate of drug-likeness (QED) is 0.563. The summed E-state index contributed by atoms with van der Waals surface area (Å²) in [7, 11) is 0. The molecule has 2 aromatic carbocycles. The molecule has 0 radical (unpaired) electrons. The van der Waals surface area contributed by atoms with E-state index in [1.165, 1.54) is 24.3 Å². The molecule has 2 aromatic rings. The second kappa shape index (κ2) is 8.51. The highest BCUT2D eigenvalue weighted by molar-refractivity contribution is 5.85. The molecular weight excluding hydrogens is 364 g/mol. The van der Waals surface area contributed by atoms with Gasteiger partial charge in [-0.1, -0.05) is 24.3 Å². The number of amides is 1. The van der Waals surface area contributed by atoms with Crippen LogP contribution in [0.4, 0.5) is 16.2 Å². The highest BCUT2D eigenvalue weighted by Gasteiger charge is 2.22. The Morgan fingerprint density at radius 2 is 1.82 bits per heavy atom. The smallest absolute Gasteiger partial charge is 0.412 e. The van der Waals surface area contributed by atoms with Gasteiger partial charge < -0.3 is 9.84 Å². The Morgan fingerprint density at radius 1 is 1.18 bits per heavy atom. The number of nitro benzene ring substituents is 1. The molecule has 0 heterocycles. The molecule has 8 nitrogen and oxygen atoms in total. The number of aliphatic carboxylic acids is 1. The Balaban J connectivity index is 2.18. The summed E-state index contributed by atoms with van der Waals surface area (Å²) in [6.07, 6.45) is -0.477. The fourth-order valence-electron chi connectivity index (χ4n) is 2.59. The number of nitro groups is 1. The fraction of sp³-hybridized carbons (Fsp3) is 0.300. The zero-order valence-corrected chi connectivity index (χ0v) is 15.8. The zero-order valence-electron chi connectivity index (χ0n) is 15.8. The molecule has 1 amide bonds. The van der Waals surface area contributed by atoms with Crippen LogP contribution in [0.15, 0.2) is 48.5 Å². The normalized spacial score (nSPS) is 12.1. The van der Waals surface area contributed by atoms with Crippen LogP contribution in [0.3, 0.4) is 0 Å². The lowest BCUT2D eigenvalue weighted by Crippen LogP contribution is -2.27. The van der Waals surface area contributed by atoms with E-state index in [4.69, 9.17) is 4.74 Å². The van der Waals surface area contributed by atoms with Gasteiger partial charge in [0.15, 0.2) is 0 Å². The average Bonchev–Trinajstić information content (AvgIpc) is 2.58. The number of hydrogen-bond donors (Lipinski definition) is 2. The van der Waals surface area contributed by atoms with Gasteiger partial charge in [-0.05, 0) is 50.5 Å². The van der Waals surface area contributed by atoms with E-state index in [0.717, 1.165) is 0 Å². The summed E-state index contributed by atoms with van der Waals surface area (Å²) in [6.45, 7) is 5.23. The van der Waals surface area contributed by atoms with Crippen molar-refractivity contribution >= 4 is 23.4 Å². The minimum absolute atomic E-state index is 0.0563. The first-order valence-corrected chi connectivity index (χ1v) is 8.61. The van der Waals surface area contributed by atoms with Crippen LogP contribution < -0.4 is 5.32 Å². The van der Waals surface area contributed by atoms with Crippen molar-refractivity contribution in [3.63, 3.8) is 0 Å². The highest BCUT2D eigenvalue weighted by atomic mass is 16.6. The number of non-ortho nitro benzene ring substituents is 1. The average molecular weight is 386 g/mol. The Morgan fingerprint density at radius 3 is 2.36 bits per heavy atom. The van der Waals surface area contributed by atoms with Crippen LogP contribution in [-0.4, -0.2) is 27.7 Å². The van der Waals surface area contributed by atoms with Gasteiger partial charge >= 0.3 is 12.1 Å². The molecular formula is C20H22N2O6. The third kappa shape index (κ3) is 6.08. The third-order valence-corrected chi connectivity index (χ3v) is 3.82. The van der Waals surface area contributed by atoms with E-state index in [1.54, 1.807) is 45.0 Å². The largest absolute Gasteiger partial charge is 0.481 e. The van der Waals surface area contributed by atoms with Crippen molar-refractivity contribution in [1.82, 2.24) is 0 Å². The highest BCUT2D eigenvalue weighted by Crippen LogP contribution is 2.25.